The van der Waals surface area contributed by atoms with Crippen molar-refractivity contribution < 1.29 is 23.1 Å². The summed E-state index contributed by atoms with van der Waals surface area (Å²) >= 11 is 3.13. The summed E-state index contributed by atoms with van der Waals surface area (Å²) < 4.78 is 32.2. The maximum absolute atomic E-state index is 13.6. The number of carbonyl (C=O) groups is 2. The lowest BCUT2D eigenvalue weighted by Gasteiger charge is -2.15. The molecule has 126 valence electrons. The van der Waals surface area contributed by atoms with E-state index in [4.69, 9.17) is 4.74 Å². The Labute approximate surface area is 145 Å². The van der Waals surface area contributed by atoms with Crippen molar-refractivity contribution in [2.24, 2.45) is 0 Å². The van der Waals surface area contributed by atoms with Crippen LogP contribution in [0.3, 0.4) is 0 Å². The summed E-state index contributed by atoms with van der Waals surface area (Å²) in [5, 5.41) is 0. The number of benzene rings is 2. The van der Waals surface area contributed by atoms with Crippen LogP contribution in [-0.2, 0) is 4.79 Å². The van der Waals surface area contributed by atoms with Gasteiger partial charge < -0.3 is 4.74 Å². The molecular formula is C16H13BrF2N2O3. The topological polar surface area (TPSA) is 67.4 Å². The maximum atomic E-state index is 13.6. The van der Waals surface area contributed by atoms with Crippen LogP contribution >= 0.6 is 15.9 Å². The summed E-state index contributed by atoms with van der Waals surface area (Å²) in [6.07, 6.45) is -0.955. The summed E-state index contributed by atoms with van der Waals surface area (Å²) in [6, 6.07) is 8.98. The Morgan fingerprint density at radius 3 is 2.42 bits per heavy atom. The van der Waals surface area contributed by atoms with E-state index in [0.29, 0.717) is 10.2 Å². The predicted molar refractivity (Wildman–Crippen MR) is 86.2 cm³/mol. The number of nitrogens with one attached hydrogen (secondary N) is 2. The van der Waals surface area contributed by atoms with Gasteiger partial charge in [-0.15, -0.1) is 0 Å². The standard InChI is InChI=1S/C16H13BrF2N2O3/c1-9(24-12-5-3-11(18)4-6-12)15(22)20-21-16(23)13-8-10(17)2-7-14(13)19/h2-9H,1H3,(H,20,22)(H,21,23)/t9-/m1/s1. The van der Waals surface area contributed by atoms with Gasteiger partial charge in [-0.2, -0.15) is 0 Å². The Hall–Kier alpha value is -2.48. The third kappa shape index (κ3) is 4.76. The highest BCUT2D eigenvalue weighted by Gasteiger charge is 2.17. The second-order valence-electron chi connectivity index (χ2n) is 4.78. The molecule has 2 aromatic carbocycles. The first kappa shape index (κ1) is 17.9. The second-order valence-corrected chi connectivity index (χ2v) is 5.70. The SMILES string of the molecule is C[C@@H](Oc1ccc(F)cc1)C(=O)NNC(=O)c1cc(Br)ccc1F. The molecule has 2 aromatic rings. The Balaban J connectivity index is 1.91. The van der Waals surface area contributed by atoms with Gasteiger partial charge in [0.1, 0.15) is 17.4 Å². The summed E-state index contributed by atoms with van der Waals surface area (Å²) in [6.45, 7) is 1.45. The van der Waals surface area contributed by atoms with Crippen molar-refractivity contribution >= 4 is 27.7 Å². The molecule has 0 aromatic heterocycles. The van der Waals surface area contributed by atoms with Crippen LogP contribution in [0.1, 0.15) is 17.3 Å². The Kier molecular flexibility index (Phi) is 5.86. The number of halogens is 3. The molecule has 2 N–H and O–H groups in total. The van der Waals surface area contributed by atoms with Crippen LogP contribution in [0.5, 0.6) is 5.75 Å². The molecule has 0 fully saturated rings. The molecule has 0 unspecified atom stereocenters. The minimum Gasteiger partial charge on any atom is -0.481 e. The Morgan fingerprint density at radius 1 is 1.08 bits per heavy atom. The van der Waals surface area contributed by atoms with Crippen LogP contribution in [-0.4, -0.2) is 17.9 Å². The molecule has 0 radical (unpaired) electrons. The van der Waals surface area contributed by atoms with E-state index < -0.39 is 29.6 Å². The van der Waals surface area contributed by atoms with E-state index in [2.05, 4.69) is 26.8 Å². The van der Waals surface area contributed by atoms with Gasteiger partial charge >= 0.3 is 0 Å². The molecule has 0 aliphatic carbocycles. The highest BCUT2D eigenvalue weighted by atomic mass is 79.9. The van der Waals surface area contributed by atoms with Gasteiger partial charge in [-0.1, -0.05) is 15.9 Å². The molecule has 0 aliphatic rings. The number of rotatable bonds is 4. The quantitative estimate of drug-likeness (QED) is 0.778. The second kappa shape index (κ2) is 7.87. The average molecular weight is 399 g/mol. The first-order valence-electron chi connectivity index (χ1n) is 6.84. The number of carbonyl (C=O) groups excluding carboxylic acids is 2. The third-order valence-corrected chi connectivity index (χ3v) is 3.46. The molecule has 0 saturated carbocycles. The monoisotopic (exact) mass is 398 g/mol. The van der Waals surface area contributed by atoms with Gasteiger partial charge in [0, 0.05) is 4.47 Å². The van der Waals surface area contributed by atoms with E-state index in [-0.39, 0.29) is 5.56 Å². The molecule has 0 heterocycles. The molecule has 5 nitrogen and oxygen atoms in total. The van der Waals surface area contributed by atoms with Crippen LogP contribution in [0.15, 0.2) is 46.9 Å². The van der Waals surface area contributed by atoms with Gasteiger partial charge in [0.05, 0.1) is 5.56 Å². The smallest absolute Gasteiger partial charge is 0.279 e. The normalized spacial score (nSPS) is 11.5. The fourth-order valence-corrected chi connectivity index (χ4v) is 2.09. The fourth-order valence-electron chi connectivity index (χ4n) is 1.73. The van der Waals surface area contributed by atoms with Gasteiger partial charge in [0.15, 0.2) is 6.10 Å². The molecule has 8 heteroatoms. The summed E-state index contributed by atoms with van der Waals surface area (Å²) in [4.78, 5) is 23.7. The summed E-state index contributed by atoms with van der Waals surface area (Å²) in [5.41, 5.74) is 4.02. The lowest BCUT2D eigenvalue weighted by molar-refractivity contribution is -0.128. The van der Waals surface area contributed by atoms with Crippen molar-refractivity contribution in [2.45, 2.75) is 13.0 Å². The Morgan fingerprint density at radius 2 is 1.75 bits per heavy atom. The van der Waals surface area contributed by atoms with E-state index in [0.717, 1.165) is 6.07 Å². The predicted octanol–water partition coefficient (Wildman–Crippen LogP) is 2.96. The van der Waals surface area contributed by atoms with Crippen molar-refractivity contribution in [3.63, 3.8) is 0 Å². The van der Waals surface area contributed by atoms with Crippen LogP contribution in [0.2, 0.25) is 0 Å². The van der Waals surface area contributed by atoms with E-state index in [1.165, 1.54) is 43.3 Å². The summed E-state index contributed by atoms with van der Waals surface area (Å²) in [5.74, 6) is -2.31. The lowest BCUT2D eigenvalue weighted by Crippen LogP contribution is -2.47. The molecule has 2 amide bonds. The fraction of sp³-hybridized carbons (Fsp3) is 0.125. The van der Waals surface area contributed by atoms with Crippen LogP contribution in [0.25, 0.3) is 0 Å². The number of ether oxygens (including phenoxy) is 1. The molecule has 2 rings (SSSR count). The highest BCUT2D eigenvalue weighted by Crippen LogP contribution is 2.15. The van der Waals surface area contributed by atoms with Crippen LogP contribution < -0.4 is 15.6 Å². The number of hydrogen-bond donors (Lipinski definition) is 2. The molecule has 24 heavy (non-hydrogen) atoms. The summed E-state index contributed by atoms with van der Waals surface area (Å²) in [7, 11) is 0. The van der Waals surface area contributed by atoms with Gasteiger partial charge in [0.2, 0.25) is 0 Å². The minimum absolute atomic E-state index is 0.225. The van der Waals surface area contributed by atoms with Gasteiger partial charge in [-0.3, -0.25) is 20.4 Å². The zero-order chi connectivity index (χ0) is 17.7. The molecular weight excluding hydrogens is 386 g/mol. The largest absolute Gasteiger partial charge is 0.481 e. The highest BCUT2D eigenvalue weighted by molar-refractivity contribution is 9.10. The molecule has 0 spiro atoms. The zero-order valence-electron chi connectivity index (χ0n) is 12.5. The molecule has 0 saturated heterocycles. The van der Waals surface area contributed by atoms with E-state index >= 15 is 0 Å². The third-order valence-electron chi connectivity index (χ3n) is 2.97. The van der Waals surface area contributed by atoms with Crippen molar-refractivity contribution in [3.8, 4) is 5.75 Å². The number of amides is 2. The van der Waals surface area contributed by atoms with Crippen molar-refractivity contribution in [2.75, 3.05) is 0 Å². The minimum atomic E-state index is -0.955. The molecule has 1 atom stereocenters. The van der Waals surface area contributed by atoms with E-state index in [9.17, 15) is 18.4 Å². The van der Waals surface area contributed by atoms with Crippen molar-refractivity contribution in [1.29, 1.82) is 0 Å². The van der Waals surface area contributed by atoms with Gasteiger partial charge in [0.25, 0.3) is 11.8 Å². The first-order valence-corrected chi connectivity index (χ1v) is 7.63. The van der Waals surface area contributed by atoms with Crippen LogP contribution in [0, 0.1) is 11.6 Å². The van der Waals surface area contributed by atoms with Gasteiger partial charge in [-0.25, -0.2) is 8.78 Å². The first-order chi connectivity index (χ1) is 11.4. The average Bonchev–Trinajstić information content (AvgIpc) is 2.56. The molecule has 0 bridgehead atoms. The van der Waals surface area contributed by atoms with Crippen molar-refractivity contribution in [3.05, 3.63) is 64.1 Å². The van der Waals surface area contributed by atoms with E-state index in [1.807, 2.05) is 0 Å². The lowest BCUT2D eigenvalue weighted by atomic mass is 10.2. The van der Waals surface area contributed by atoms with Gasteiger partial charge in [-0.05, 0) is 49.4 Å². The maximum Gasteiger partial charge on any atom is 0.279 e. The van der Waals surface area contributed by atoms with E-state index in [1.54, 1.807) is 0 Å². The Bertz CT molecular complexity index is 753. The number of hydrogen-bond acceptors (Lipinski definition) is 3. The molecule has 0 aliphatic heterocycles. The zero-order valence-corrected chi connectivity index (χ0v) is 14.1. The van der Waals surface area contributed by atoms with Crippen LogP contribution in [0.4, 0.5) is 8.78 Å². The van der Waals surface area contributed by atoms with Crippen molar-refractivity contribution in [1.82, 2.24) is 10.9 Å². The number of hydrazine groups is 1.